The zero-order valence-corrected chi connectivity index (χ0v) is 20.6. The van der Waals surface area contributed by atoms with Gasteiger partial charge in [0.05, 0.1) is 18.1 Å². The zero-order chi connectivity index (χ0) is 24.7. The molecule has 2 aromatic rings. The monoisotopic (exact) mass is 487 g/mol. The molecule has 3 rings (SSSR count). The zero-order valence-electron chi connectivity index (χ0n) is 19.8. The number of H-pyrrole nitrogens is 1. The summed E-state index contributed by atoms with van der Waals surface area (Å²) in [4.78, 5) is 47.5. The third-order valence-electron chi connectivity index (χ3n) is 6.05. The van der Waals surface area contributed by atoms with Crippen molar-refractivity contribution in [2.24, 2.45) is 5.92 Å². The van der Waals surface area contributed by atoms with Crippen LogP contribution in [0, 0.1) is 5.92 Å². The van der Waals surface area contributed by atoms with Crippen LogP contribution in [0.2, 0.25) is 0 Å². The molecule has 0 saturated carbocycles. The molecule has 1 aliphatic heterocycles. The molecule has 2 heterocycles. The van der Waals surface area contributed by atoms with E-state index < -0.39 is 30.0 Å². The van der Waals surface area contributed by atoms with Crippen LogP contribution in [0.15, 0.2) is 36.8 Å². The van der Waals surface area contributed by atoms with Crippen LogP contribution in [0.1, 0.15) is 37.1 Å². The van der Waals surface area contributed by atoms with Gasteiger partial charge >= 0.3 is 5.97 Å². The Morgan fingerprint density at radius 3 is 2.62 bits per heavy atom. The Labute approximate surface area is 204 Å². The lowest BCUT2D eigenvalue weighted by molar-refractivity contribution is -0.146. The summed E-state index contributed by atoms with van der Waals surface area (Å²) in [6, 6.07) is 5.44. The molecule has 184 valence electrons. The number of aliphatic carboxylic acids is 1. The predicted octanol–water partition coefficient (Wildman–Crippen LogP) is 1.80. The highest BCUT2D eigenvalue weighted by Crippen LogP contribution is 2.25. The molecule has 1 aromatic carbocycles. The van der Waals surface area contributed by atoms with Crippen LogP contribution in [-0.2, 0) is 33.9 Å². The summed E-state index contributed by atoms with van der Waals surface area (Å²) in [5.74, 6) is -1.11. The highest BCUT2D eigenvalue weighted by atomic mass is 32.2. The quantitative estimate of drug-likeness (QED) is 0.381. The van der Waals surface area contributed by atoms with E-state index in [-0.39, 0.29) is 11.8 Å². The normalized spacial score (nSPS) is 17.2. The van der Waals surface area contributed by atoms with E-state index in [0.717, 1.165) is 16.8 Å². The minimum absolute atomic E-state index is 0.0272. The molecule has 34 heavy (non-hydrogen) atoms. The number of benzene rings is 1. The highest BCUT2D eigenvalue weighted by molar-refractivity contribution is 7.98. The van der Waals surface area contributed by atoms with Crippen molar-refractivity contribution in [1.82, 2.24) is 25.5 Å². The number of nitrogens with zero attached hydrogens (tertiary/aromatic N) is 2. The number of rotatable bonds is 11. The van der Waals surface area contributed by atoms with Gasteiger partial charge in [0.25, 0.3) is 0 Å². The fourth-order valence-corrected chi connectivity index (χ4v) is 4.61. The summed E-state index contributed by atoms with van der Waals surface area (Å²) >= 11 is 1.52. The number of thioether (sulfide) groups is 1. The topological polar surface area (TPSA) is 127 Å². The molecule has 0 saturated heterocycles. The third kappa shape index (κ3) is 6.38. The molecule has 3 atom stereocenters. The van der Waals surface area contributed by atoms with Crippen molar-refractivity contribution < 1.29 is 19.5 Å². The highest BCUT2D eigenvalue weighted by Gasteiger charge is 2.39. The van der Waals surface area contributed by atoms with Gasteiger partial charge in [-0.1, -0.05) is 38.1 Å². The molecule has 1 aromatic heterocycles. The number of fused-ring (bicyclic) bond motifs is 1. The van der Waals surface area contributed by atoms with Crippen molar-refractivity contribution in [2.45, 2.75) is 57.9 Å². The number of amides is 2. The van der Waals surface area contributed by atoms with E-state index in [9.17, 15) is 19.5 Å². The van der Waals surface area contributed by atoms with Crippen LogP contribution in [0.3, 0.4) is 0 Å². The molecule has 2 amide bonds. The number of aromatic nitrogens is 2. The summed E-state index contributed by atoms with van der Waals surface area (Å²) in [5.41, 5.74) is 2.77. The molecule has 0 radical (unpaired) electrons. The van der Waals surface area contributed by atoms with Gasteiger partial charge in [0.1, 0.15) is 12.1 Å². The Hall–Kier alpha value is -2.85. The van der Waals surface area contributed by atoms with Gasteiger partial charge in [-0.2, -0.15) is 11.8 Å². The number of carboxylic acid groups (broad SMARTS) is 1. The lowest BCUT2D eigenvalue weighted by atomic mass is 9.91. The molecule has 1 unspecified atom stereocenters. The van der Waals surface area contributed by atoms with Gasteiger partial charge in [0, 0.05) is 25.7 Å². The summed E-state index contributed by atoms with van der Waals surface area (Å²) in [7, 11) is 0. The molecule has 0 aliphatic carbocycles. The van der Waals surface area contributed by atoms with Gasteiger partial charge in [0.15, 0.2) is 0 Å². The molecule has 0 spiro atoms. The summed E-state index contributed by atoms with van der Waals surface area (Å²) < 4.78 is 0. The minimum atomic E-state index is -1.07. The number of imidazole rings is 1. The van der Waals surface area contributed by atoms with Crippen LogP contribution in [0.25, 0.3) is 0 Å². The Bertz CT molecular complexity index is 982. The maximum absolute atomic E-state index is 13.8. The SMILES string of the molecule is CSCC[C@@H](NC(=O)C1Cc2ccccc2CN1C(=O)[C@@H](NCc1c[nH]cn1)C(C)C)C(=O)O. The predicted molar refractivity (Wildman–Crippen MR) is 131 cm³/mol. The maximum Gasteiger partial charge on any atom is 0.326 e. The number of carbonyl (C=O) groups is 3. The Morgan fingerprint density at radius 1 is 1.26 bits per heavy atom. The summed E-state index contributed by atoms with van der Waals surface area (Å²) in [6.07, 6.45) is 5.90. The van der Waals surface area contributed by atoms with Crippen LogP contribution < -0.4 is 10.6 Å². The lowest BCUT2D eigenvalue weighted by Crippen LogP contribution is -2.59. The van der Waals surface area contributed by atoms with Crippen molar-refractivity contribution >= 4 is 29.5 Å². The summed E-state index contributed by atoms with van der Waals surface area (Å²) in [6.45, 7) is 4.62. The average Bonchev–Trinajstić information content (AvgIpc) is 3.34. The molecule has 4 N–H and O–H groups in total. The largest absolute Gasteiger partial charge is 0.480 e. The smallest absolute Gasteiger partial charge is 0.326 e. The Kier molecular flexibility index (Phi) is 9.12. The average molecular weight is 488 g/mol. The Morgan fingerprint density at radius 2 is 2.00 bits per heavy atom. The van der Waals surface area contributed by atoms with Gasteiger partial charge in [-0.3, -0.25) is 14.9 Å². The molecule has 9 nitrogen and oxygen atoms in total. The van der Waals surface area contributed by atoms with Gasteiger partial charge in [-0.05, 0) is 35.5 Å². The molecule has 0 bridgehead atoms. The fourth-order valence-electron chi connectivity index (χ4n) is 4.14. The van der Waals surface area contributed by atoms with E-state index in [2.05, 4.69) is 20.6 Å². The molecule has 0 fully saturated rings. The first-order valence-corrected chi connectivity index (χ1v) is 12.8. The minimum Gasteiger partial charge on any atom is -0.480 e. The molecule has 10 heteroatoms. The number of hydrogen-bond acceptors (Lipinski definition) is 6. The molecular weight excluding hydrogens is 454 g/mol. The number of hydrogen-bond donors (Lipinski definition) is 4. The van der Waals surface area contributed by atoms with Crippen molar-refractivity contribution in [3.63, 3.8) is 0 Å². The third-order valence-corrected chi connectivity index (χ3v) is 6.69. The molecule has 1 aliphatic rings. The second-order valence-electron chi connectivity index (χ2n) is 8.80. The first-order chi connectivity index (χ1) is 16.3. The van der Waals surface area contributed by atoms with E-state index in [1.54, 1.807) is 17.4 Å². The Balaban J connectivity index is 1.83. The van der Waals surface area contributed by atoms with Crippen molar-refractivity contribution in [1.29, 1.82) is 0 Å². The van der Waals surface area contributed by atoms with Crippen molar-refractivity contribution in [3.8, 4) is 0 Å². The second kappa shape index (κ2) is 12.0. The maximum atomic E-state index is 13.8. The molecular formula is C24H33N5O4S. The first-order valence-electron chi connectivity index (χ1n) is 11.4. The van der Waals surface area contributed by atoms with E-state index in [1.807, 2.05) is 44.4 Å². The van der Waals surface area contributed by atoms with E-state index in [0.29, 0.717) is 31.7 Å². The van der Waals surface area contributed by atoms with Crippen molar-refractivity contribution in [3.05, 3.63) is 53.6 Å². The summed E-state index contributed by atoms with van der Waals surface area (Å²) in [5, 5.41) is 15.5. The fraction of sp³-hybridized carbons (Fsp3) is 0.500. The van der Waals surface area contributed by atoms with Crippen LogP contribution in [-0.4, -0.2) is 67.9 Å². The number of aromatic amines is 1. The van der Waals surface area contributed by atoms with Gasteiger partial charge < -0.3 is 20.3 Å². The second-order valence-corrected chi connectivity index (χ2v) is 9.78. The van der Waals surface area contributed by atoms with Gasteiger partial charge in [-0.15, -0.1) is 0 Å². The van der Waals surface area contributed by atoms with Gasteiger partial charge in [-0.25, -0.2) is 9.78 Å². The van der Waals surface area contributed by atoms with Crippen LogP contribution >= 0.6 is 11.8 Å². The standard InChI is InChI=1S/C24H33N5O4S/c1-15(2)21(26-12-18-11-25-14-27-18)23(31)29-13-17-7-5-4-6-16(17)10-20(29)22(30)28-19(24(32)33)8-9-34-3/h4-7,11,14-15,19-21,26H,8-10,12-13H2,1-3H3,(H,25,27)(H,28,30)(H,32,33)/t19-,20?,21+/m1/s1. The van der Waals surface area contributed by atoms with E-state index in [4.69, 9.17) is 0 Å². The van der Waals surface area contributed by atoms with Crippen molar-refractivity contribution in [2.75, 3.05) is 12.0 Å². The lowest BCUT2D eigenvalue weighted by Gasteiger charge is -2.39. The number of nitrogens with one attached hydrogen (secondary N) is 3. The number of carboxylic acids is 1. The van der Waals surface area contributed by atoms with E-state index >= 15 is 0 Å². The van der Waals surface area contributed by atoms with Crippen LogP contribution in [0.5, 0.6) is 0 Å². The van der Waals surface area contributed by atoms with Crippen LogP contribution in [0.4, 0.5) is 0 Å². The number of carbonyl (C=O) groups excluding carboxylic acids is 2. The first kappa shape index (κ1) is 25.8. The van der Waals surface area contributed by atoms with E-state index in [1.165, 1.54) is 11.8 Å². The van der Waals surface area contributed by atoms with Gasteiger partial charge in [0.2, 0.25) is 11.8 Å².